The minimum Gasteiger partial charge on any atom is -0.386 e. The van der Waals surface area contributed by atoms with E-state index in [4.69, 9.17) is 4.98 Å². The van der Waals surface area contributed by atoms with Crippen molar-refractivity contribution in [3.63, 3.8) is 0 Å². The van der Waals surface area contributed by atoms with Gasteiger partial charge in [0.2, 0.25) is 0 Å². The molecule has 1 N–H and O–H groups in total. The van der Waals surface area contributed by atoms with Crippen LogP contribution in [0.2, 0.25) is 0 Å². The number of hydrogen-bond acceptors (Lipinski definition) is 2. The molecule has 1 fully saturated rings. The number of imidazole rings is 1. The van der Waals surface area contributed by atoms with E-state index < -0.39 is 5.60 Å². The van der Waals surface area contributed by atoms with Crippen LogP contribution in [-0.2, 0) is 12.6 Å². The molecule has 0 atom stereocenters. The van der Waals surface area contributed by atoms with Gasteiger partial charge in [-0.15, -0.1) is 0 Å². The molecule has 3 heteroatoms. The normalized spacial score (nSPS) is 17.5. The minimum absolute atomic E-state index is 0.614. The molecule has 3 rings (SSSR count). The fraction of sp³-hybridized carbons (Fsp3) is 0.562. The highest BCUT2D eigenvalue weighted by molar-refractivity contribution is 5.77. The number of aliphatic hydroxyl groups is 1. The van der Waals surface area contributed by atoms with Gasteiger partial charge < -0.3 is 9.67 Å². The summed E-state index contributed by atoms with van der Waals surface area (Å²) in [5.41, 5.74) is 2.29. The SMILES string of the molecule is Cn1c(C2CCCC2)nc2cc(C(C)(C)O)ccc21. The smallest absolute Gasteiger partial charge is 0.112 e. The zero-order valence-corrected chi connectivity index (χ0v) is 12.0. The predicted molar refractivity (Wildman–Crippen MR) is 77.2 cm³/mol. The number of benzene rings is 1. The van der Waals surface area contributed by atoms with E-state index in [1.165, 1.54) is 31.5 Å². The summed E-state index contributed by atoms with van der Waals surface area (Å²) in [6.07, 6.45) is 5.16. The zero-order chi connectivity index (χ0) is 13.6. The van der Waals surface area contributed by atoms with E-state index in [2.05, 4.69) is 17.7 Å². The van der Waals surface area contributed by atoms with Gasteiger partial charge in [-0.3, -0.25) is 0 Å². The van der Waals surface area contributed by atoms with Crippen molar-refractivity contribution < 1.29 is 5.11 Å². The molecule has 1 aliphatic carbocycles. The topological polar surface area (TPSA) is 38.0 Å². The van der Waals surface area contributed by atoms with Crippen LogP contribution in [0.15, 0.2) is 18.2 Å². The van der Waals surface area contributed by atoms with Gasteiger partial charge in [0, 0.05) is 13.0 Å². The van der Waals surface area contributed by atoms with Crippen molar-refractivity contribution in [1.29, 1.82) is 0 Å². The summed E-state index contributed by atoms with van der Waals surface area (Å²) in [5.74, 6) is 1.82. The Morgan fingerprint density at radius 2 is 1.95 bits per heavy atom. The van der Waals surface area contributed by atoms with Crippen LogP contribution in [-0.4, -0.2) is 14.7 Å². The first-order valence-corrected chi connectivity index (χ1v) is 7.16. The van der Waals surface area contributed by atoms with Gasteiger partial charge in [0.05, 0.1) is 16.6 Å². The van der Waals surface area contributed by atoms with E-state index in [0.717, 1.165) is 16.6 Å². The molecular weight excluding hydrogens is 236 g/mol. The lowest BCUT2D eigenvalue weighted by atomic mass is 9.98. The number of hydrogen-bond donors (Lipinski definition) is 1. The second kappa shape index (κ2) is 4.34. The highest BCUT2D eigenvalue weighted by Gasteiger charge is 2.23. The van der Waals surface area contributed by atoms with Crippen molar-refractivity contribution in [2.45, 2.75) is 51.0 Å². The van der Waals surface area contributed by atoms with E-state index in [0.29, 0.717) is 5.92 Å². The van der Waals surface area contributed by atoms with Crippen LogP contribution >= 0.6 is 0 Å². The van der Waals surface area contributed by atoms with Gasteiger partial charge >= 0.3 is 0 Å². The van der Waals surface area contributed by atoms with Crippen LogP contribution in [0.5, 0.6) is 0 Å². The summed E-state index contributed by atoms with van der Waals surface area (Å²) >= 11 is 0. The number of nitrogens with zero attached hydrogens (tertiary/aromatic N) is 2. The Bertz CT molecular complexity index is 601. The van der Waals surface area contributed by atoms with Crippen molar-refractivity contribution >= 4 is 11.0 Å². The molecule has 0 amide bonds. The Hall–Kier alpha value is -1.35. The third-order valence-corrected chi connectivity index (χ3v) is 4.34. The maximum Gasteiger partial charge on any atom is 0.112 e. The second-order valence-electron chi connectivity index (χ2n) is 6.27. The molecule has 0 unspecified atom stereocenters. The van der Waals surface area contributed by atoms with E-state index in [-0.39, 0.29) is 0 Å². The Morgan fingerprint density at radius 1 is 1.26 bits per heavy atom. The van der Waals surface area contributed by atoms with Crippen molar-refractivity contribution in [2.24, 2.45) is 7.05 Å². The molecule has 1 aromatic carbocycles. The van der Waals surface area contributed by atoms with Gasteiger partial charge in [-0.25, -0.2) is 4.98 Å². The van der Waals surface area contributed by atoms with Gasteiger partial charge in [-0.05, 0) is 44.4 Å². The highest BCUT2D eigenvalue weighted by Crippen LogP contribution is 2.35. The molecule has 0 radical (unpaired) electrons. The quantitative estimate of drug-likeness (QED) is 0.895. The average Bonchev–Trinajstić information content (AvgIpc) is 2.96. The molecule has 0 bridgehead atoms. The summed E-state index contributed by atoms with van der Waals surface area (Å²) in [6.45, 7) is 3.63. The molecule has 102 valence electrons. The van der Waals surface area contributed by atoms with Gasteiger partial charge in [0.1, 0.15) is 5.82 Å². The van der Waals surface area contributed by atoms with Gasteiger partial charge in [0.15, 0.2) is 0 Å². The van der Waals surface area contributed by atoms with E-state index in [9.17, 15) is 5.11 Å². The van der Waals surface area contributed by atoms with E-state index in [1.807, 2.05) is 26.0 Å². The Kier molecular flexibility index (Phi) is 2.90. The average molecular weight is 258 g/mol. The second-order valence-corrected chi connectivity index (χ2v) is 6.27. The number of fused-ring (bicyclic) bond motifs is 1. The van der Waals surface area contributed by atoms with E-state index >= 15 is 0 Å². The number of aryl methyl sites for hydroxylation is 1. The van der Waals surface area contributed by atoms with Crippen LogP contribution in [0.4, 0.5) is 0 Å². The number of rotatable bonds is 2. The third-order valence-electron chi connectivity index (χ3n) is 4.34. The molecule has 1 aliphatic rings. The fourth-order valence-electron chi connectivity index (χ4n) is 3.15. The Balaban J connectivity index is 2.09. The number of aromatic nitrogens is 2. The first kappa shape index (κ1) is 12.7. The van der Waals surface area contributed by atoms with E-state index in [1.54, 1.807) is 0 Å². The third kappa shape index (κ3) is 2.16. The van der Waals surface area contributed by atoms with Crippen molar-refractivity contribution in [1.82, 2.24) is 9.55 Å². The maximum absolute atomic E-state index is 10.1. The van der Waals surface area contributed by atoms with Crippen LogP contribution in [0.25, 0.3) is 11.0 Å². The van der Waals surface area contributed by atoms with Crippen LogP contribution in [0, 0.1) is 0 Å². The molecule has 1 aromatic heterocycles. The molecule has 0 spiro atoms. The first-order valence-electron chi connectivity index (χ1n) is 7.16. The molecular formula is C16H22N2O. The Labute approximate surface area is 114 Å². The van der Waals surface area contributed by atoms with Crippen molar-refractivity contribution in [3.8, 4) is 0 Å². The molecule has 0 aliphatic heterocycles. The Morgan fingerprint density at radius 3 is 2.58 bits per heavy atom. The molecule has 19 heavy (non-hydrogen) atoms. The summed E-state index contributed by atoms with van der Waals surface area (Å²) < 4.78 is 2.22. The lowest BCUT2D eigenvalue weighted by Crippen LogP contribution is -2.15. The van der Waals surface area contributed by atoms with Crippen molar-refractivity contribution in [3.05, 3.63) is 29.6 Å². The molecule has 1 heterocycles. The monoisotopic (exact) mass is 258 g/mol. The van der Waals surface area contributed by atoms with Crippen LogP contribution in [0.3, 0.4) is 0 Å². The summed E-state index contributed by atoms with van der Waals surface area (Å²) in [5, 5.41) is 10.1. The summed E-state index contributed by atoms with van der Waals surface area (Å²) in [4.78, 5) is 4.82. The van der Waals surface area contributed by atoms with Gasteiger partial charge in [0.25, 0.3) is 0 Å². The lowest BCUT2D eigenvalue weighted by Gasteiger charge is -2.17. The molecule has 1 saturated carbocycles. The van der Waals surface area contributed by atoms with Gasteiger partial charge in [-0.2, -0.15) is 0 Å². The molecule has 2 aromatic rings. The fourth-order valence-corrected chi connectivity index (χ4v) is 3.15. The van der Waals surface area contributed by atoms with Crippen LogP contribution in [0.1, 0.15) is 56.8 Å². The predicted octanol–water partition coefficient (Wildman–Crippen LogP) is 3.46. The largest absolute Gasteiger partial charge is 0.386 e. The highest BCUT2D eigenvalue weighted by atomic mass is 16.3. The maximum atomic E-state index is 10.1. The standard InChI is InChI=1S/C16H22N2O/c1-16(2,19)12-8-9-14-13(10-12)17-15(18(14)3)11-6-4-5-7-11/h8-11,19H,4-7H2,1-3H3. The van der Waals surface area contributed by atoms with Crippen molar-refractivity contribution in [2.75, 3.05) is 0 Å². The first-order chi connectivity index (χ1) is 8.97. The van der Waals surface area contributed by atoms with Gasteiger partial charge in [-0.1, -0.05) is 18.9 Å². The summed E-state index contributed by atoms with van der Waals surface area (Å²) in [7, 11) is 2.10. The summed E-state index contributed by atoms with van der Waals surface area (Å²) in [6, 6.07) is 6.10. The molecule has 0 saturated heterocycles. The van der Waals surface area contributed by atoms with Crippen LogP contribution < -0.4 is 0 Å². The lowest BCUT2D eigenvalue weighted by molar-refractivity contribution is 0.0787. The minimum atomic E-state index is -0.806. The zero-order valence-electron chi connectivity index (χ0n) is 12.0. The molecule has 3 nitrogen and oxygen atoms in total.